The van der Waals surface area contributed by atoms with Gasteiger partial charge in [0.15, 0.2) is 17.3 Å². The van der Waals surface area contributed by atoms with Crippen LogP contribution in [0.15, 0.2) is 18.2 Å². The molecule has 0 bridgehead atoms. The third kappa shape index (κ3) is 3.47. The van der Waals surface area contributed by atoms with E-state index in [1.165, 1.54) is 18.2 Å². The van der Waals surface area contributed by atoms with Crippen molar-refractivity contribution in [3.8, 4) is 17.6 Å². The van der Waals surface area contributed by atoms with E-state index in [4.69, 9.17) is 10.4 Å². The lowest BCUT2D eigenvalue weighted by Crippen LogP contribution is -2.33. The minimum absolute atomic E-state index is 0.00957. The Hall–Kier alpha value is -2.06. The van der Waals surface area contributed by atoms with Crippen LogP contribution in [0.1, 0.15) is 23.7 Å². The van der Waals surface area contributed by atoms with Crippen molar-refractivity contribution in [2.75, 3.05) is 13.6 Å². The second kappa shape index (κ2) is 6.03. The molecule has 1 aromatic rings. The SMILES string of the molecule is CC(CC#N)N(C)CC(=O)c1ccc(O)c(O)c1. The van der Waals surface area contributed by atoms with Crippen LogP contribution in [0.3, 0.4) is 0 Å². The fourth-order valence-electron chi connectivity index (χ4n) is 1.46. The number of hydrogen-bond donors (Lipinski definition) is 2. The van der Waals surface area contributed by atoms with E-state index in [-0.39, 0.29) is 29.9 Å². The standard InChI is InChI=1S/C13H16N2O3/c1-9(5-6-14)15(2)8-13(18)10-3-4-11(16)12(17)7-10/h3-4,7,9,16-17H,5,8H2,1-2H3. The van der Waals surface area contributed by atoms with E-state index in [1.807, 2.05) is 6.92 Å². The van der Waals surface area contributed by atoms with Gasteiger partial charge in [0.05, 0.1) is 19.0 Å². The topological polar surface area (TPSA) is 84.6 Å². The van der Waals surface area contributed by atoms with Crippen LogP contribution in [0.5, 0.6) is 11.5 Å². The van der Waals surface area contributed by atoms with Gasteiger partial charge in [0.25, 0.3) is 0 Å². The van der Waals surface area contributed by atoms with Crippen molar-refractivity contribution >= 4 is 5.78 Å². The summed E-state index contributed by atoms with van der Waals surface area (Å²) in [6.45, 7) is 2.03. The maximum Gasteiger partial charge on any atom is 0.176 e. The smallest absolute Gasteiger partial charge is 0.176 e. The molecule has 96 valence electrons. The molecule has 0 radical (unpaired) electrons. The lowest BCUT2D eigenvalue weighted by Gasteiger charge is -2.21. The Bertz CT molecular complexity index is 480. The van der Waals surface area contributed by atoms with Gasteiger partial charge in [-0.15, -0.1) is 0 Å². The van der Waals surface area contributed by atoms with Gasteiger partial charge in [0.2, 0.25) is 0 Å². The number of aromatic hydroxyl groups is 2. The molecule has 1 atom stereocenters. The molecule has 5 heteroatoms. The van der Waals surface area contributed by atoms with Crippen LogP contribution in [0.4, 0.5) is 0 Å². The predicted octanol–water partition coefficient (Wildman–Crippen LogP) is 1.51. The second-order valence-electron chi connectivity index (χ2n) is 4.25. The van der Waals surface area contributed by atoms with Crippen molar-refractivity contribution in [2.24, 2.45) is 0 Å². The molecule has 1 aromatic carbocycles. The Morgan fingerprint density at radius 3 is 2.67 bits per heavy atom. The van der Waals surface area contributed by atoms with E-state index in [1.54, 1.807) is 11.9 Å². The zero-order valence-electron chi connectivity index (χ0n) is 10.4. The molecule has 0 aliphatic heterocycles. The highest BCUT2D eigenvalue weighted by atomic mass is 16.3. The first-order valence-electron chi connectivity index (χ1n) is 5.58. The normalized spacial score (nSPS) is 12.1. The molecular formula is C13H16N2O3. The van der Waals surface area contributed by atoms with Crippen LogP contribution in [-0.4, -0.2) is 40.5 Å². The molecule has 1 rings (SSSR count). The minimum atomic E-state index is -0.312. The lowest BCUT2D eigenvalue weighted by atomic mass is 10.1. The molecule has 1 unspecified atom stereocenters. The lowest BCUT2D eigenvalue weighted by molar-refractivity contribution is 0.0925. The molecule has 18 heavy (non-hydrogen) atoms. The largest absolute Gasteiger partial charge is 0.504 e. The fraction of sp³-hybridized carbons (Fsp3) is 0.385. The highest BCUT2D eigenvalue weighted by molar-refractivity contribution is 5.98. The highest BCUT2D eigenvalue weighted by Crippen LogP contribution is 2.25. The number of Topliss-reactive ketones (excluding diaryl/α,β-unsaturated/α-hetero) is 1. The number of carbonyl (C=O) groups excluding carboxylic acids is 1. The van der Waals surface area contributed by atoms with Crippen molar-refractivity contribution in [2.45, 2.75) is 19.4 Å². The first kappa shape index (κ1) is 14.0. The molecule has 2 N–H and O–H groups in total. The molecule has 0 spiro atoms. The number of phenols is 2. The predicted molar refractivity (Wildman–Crippen MR) is 66.4 cm³/mol. The van der Waals surface area contributed by atoms with E-state index >= 15 is 0 Å². The summed E-state index contributed by atoms with van der Waals surface area (Å²) in [5.41, 5.74) is 0.335. The fourth-order valence-corrected chi connectivity index (χ4v) is 1.46. The third-order valence-corrected chi connectivity index (χ3v) is 2.83. The van der Waals surface area contributed by atoms with Crippen LogP contribution in [-0.2, 0) is 0 Å². The zero-order valence-corrected chi connectivity index (χ0v) is 10.4. The van der Waals surface area contributed by atoms with E-state index in [0.29, 0.717) is 12.0 Å². The Morgan fingerprint density at radius 2 is 2.11 bits per heavy atom. The van der Waals surface area contributed by atoms with Gasteiger partial charge < -0.3 is 10.2 Å². The molecule has 0 fully saturated rings. The van der Waals surface area contributed by atoms with Crippen molar-refractivity contribution in [1.82, 2.24) is 4.90 Å². The van der Waals surface area contributed by atoms with Crippen molar-refractivity contribution in [3.63, 3.8) is 0 Å². The molecule has 0 aromatic heterocycles. The molecule has 0 amide bonds. The third-order valence-electron chi connectivity index (χ3n) is 2.83. The molecule has 0 heterocycles. The van der Waals surface area contributed by atoms with Crippen LogP contribution < -0.4 is 0 Å². The van der Waals surface area contributed by atoms with Gasteiger partial charge in [0.1, 0.15) is 0 Å². The number of nitriles is 1. The number of phenolic OH excluding ortho intramolecular Hbond substituents is 2. The van der Waals surface area contributed by atoms with Gasteiger partial charge in [-0.1, -0.05) is 0 Å². The van der Waals surface area contributed by atoms with E-state index in [2.05, 4.69) is 6.07 Å². The summed E-state index contributed by atoms with van der Waals surface area (Å²) in [5, 5.41) is 27.1. The quantitative estimate of drug-likeness (QED) is 0.609. The van der Waals surface area contributed by atoms with E-state index in [9.17, 15) is 9.90 Å². The Balaban J connectivity index is 2.71. The summed E-state index contributed by atoms with van der Waals surface area (Å²) in [6.07, 6.45) is 0.352. The number of hydrogen-bond acceptors (Lipinski definition) is 5. The Labute approximate surface area is 106 Å². The van der Waals surface area contributed by atoms with Gasteiger partial charge in [-0.05, 0) is 32.2 Å². The highest BCUT2D eigenvalue weighted by Gasteiger charge is 2.15. The molecule has 5 nitrogen and oxygen atoms in total. The number of benzene rings is 1. The number of likely N-dealkylation sites (N-methyl/N-ethyl adjacent to an activating group) is 1. The average Bonchev–Trinajstić information content (AvgIpc) is 2.32. The first-order valence-corrected chi connectivity index (χ1v) is 5.58. The van der Waals surface area contributed by atoms with E-state index in [0.717, 1.165) is 0 Å². The number of carbonyl (C=O) groups is 1. The van der Waals surface area contributed by atoms with Gasteiger partial charge in [0, 0.05) is 11.6 Å². The van der Waals surface area contributed by atoms with Crippen molar-refractivity contribution in [3.05, 3.63) is 23.8 Å². The number of rotatable bonds is 5. The van der Waals surface area contributed by atoms with Crippen LogP contribution in [0.25, 0.3) is 0 Å². The number of nitrogens with zero attached hydrogens (tertiary/aromatic N) is 2. The summed E-state index contributed by atoms with van der Waals surface area (Å²) in [4.78, 5) is 13.7. The van der Waals surface area contributed by atoms with Crippen LogP contribution in [0.2, 0.25) is 0 Å². The zero-order chi connectivity index (χ0) is 13.7. The second-order valence-corrected chi connectivity index (χ2v) is 4.25. The van der Waals surface area contributed by atoms with Gasteiger partial charge in [-0.3, -0.25) is 9.69 Å². The monoisotopic (exact) mass is 248 g/mol. The molecule has 0 aliphatic rings. The van der Waals surface area contributed by atoms with E-state index < -0.39 is 0 Å². The maximum atomic E-state index is 11.9. The number of ketones is 1. The summed E-state index contributed by atoms with van der Waals surface area (Å²) in [7, 11) is 1.76. The van der Waals surface area contributed by atoms with Crippen molar-refractivity contribution < 1.29 is 15.0 Å². The molecule has 0 aliphatic carbocycles. The van der Waals surface area contributed by atoms with Gasteiger partial charge in [-0.25, -0.2) is 0 Å². The molecule has 0 saturated heterocycles. The summed E-state index contributed by atoms with van der Waals surface area (Å²) in [6, 6.07) is 6.02. The van der Waals surface area contributed by atoms with Gasteiger partial charge in [-0.2, -0.15) is 5.26 Å². The summed E-state index contributed by atoms with van der Waals surface area (Å²) >= 11 is 0. The van der Waals surface area contributed by atoms with Gasteiger partial charge >= 0.3 is 0 Å². The Morgan fingerprint density at radius 1 is 1.44 bits per heavy atom. The molecule has 0 saturated carbocycles. The minimum Gasteiger partial charge on any atom is -0.504 e. The Kier molecular flexibility index (Phi) is 4.69. The summed E-state index contributed by atoms with van der Waals surface area (Å²) < 4.78 is 0. The van der Waals surface area contributed by atoms with Crippen LogP contribution in [0, 0.1) is 11.3 Å². The first-order chi connectivity index (χ1) is 8.45. The van der Waals surface area contributed by atoms with Crippen LogP contribution >= 0.6 is 0 Å². The van der Waals surface area contributed by atoms with Crippen molar-refractivity contribution in [1.29, 1.82) is 5.26 Å². The maximum absolute atomic E-state index is 11.9. The summed E-state index contributed by atoms with van der Waals surface area (Å²) in [5.74, 6) is -0.732. The molecular weight excluding hydrogens is 232 g/mol. The average molecular weight is 248 g/mol.